The highest BCUT2D eigenvalue weighted by molar-refractivity contribution is 7.98. The summed E-state index contributed by atoms with van der Waals surface area (Å²) in [7, 11) is 0. The summed E-state index contributed by atoms with van der Waals surface area (Å²) >= 11 is 5.32. The van der Waals surface area contributed by atoms with E-state index in [1.165, 1.54) is 18.7 Å². The number of carbonyl (C=O) groups excluding carboxylic acids is 1. The Morgan fingerprint density at radius 3 is 2.59 bits per heavy atom. The highest BCUT2D eigenvalue weighted by atomic mass is 32.2. The number of amides is 1. The van der Waals surface area contributed by atoms with E-state index in [-0.39, 0.29) is 6.61 Å². The average molecular weight is 291 g/mol. The lowest BCUT2D eigenvalue weighted by Crippen LogP contribution is -2.41. The van der Waals surface area contributed by atoms with Crippen LogP contribution in [0.25, 0.3) is 0 Å². The number of hydrogen-bond donors (Lipinski definition) is 2. The molecule has 1 N–H and O–H groups in total. The molecule has 8 heteroatoms. The van der Waals surface area contributed by atoms with Gasteiger partial charge < -0.3 is 10.1 Å². The normalized spacial score (nSPS) is 15.2. The third-order valence-corrected chi connectivity index (χ3v) is 3.09. The molecule has 0 saturated heterocycles. The molecule has 0 rings (SSSR count). The molecule has 0 heterocycles. The minimum atomic E-state index is -4.29. The van der Waals surface area contributed by atoms with Crippen molar-refractivity contribution < 1.29 is 22.7 Å². The van der Waals surface area contributed by atoms with Gasteiger partial charge >= 0.3 is 12.3 Å². The summed E-state index contributed by atoms with van der Waals surface area (Å²) < 4.78 is 40.9. The van der Waals surface area contributed by atoms with Gasteiger partial charge in [-0.1, -0.05) is 0 Å². The quantitative estimate of drug-likeness (QED) is 0.584. The zero-order valence-corrected chi connectivity index (χ0v) is 11.3. The minimum absolute atomic E-state index is 0.232. The lowest BCUT2D eigenvalue weighted by Gasteiger charge is -2.21. The number of carbonyl (C=O) groups is 1. The molecule has 0 aliphatic rings. The molecule has 102 valence electrons. The van der Waals surface area contributed by atoms with Gasteiger partial charge in [-0.2, -0.15) is 37.6 Å². The molecule has 0 aromatic heterocycles. The van der Waals surface area contributed by atoms with Gasteiger partial charge in [-0.3, -0.25) is 0 Å². The molecule has 1 amide bonds. The highest BCUT2D eigenvalue weighted by Crippen LogP contribution is 2.25. The van der Waals surface area contributed by atoms with Gasteiger partial charge in [0.1, 0.15) is 6.61 Å². The molecule has 0 aromatic carbocycles. The zero-order valence-electron chi connectivity index (χ0n) is 9.58. The van der Waals surface area contributed by atoms with Crippen LogP contribution in [0.3, 0.4) is 0 Å². The Hall–Kier alpha value is -0.240. The van der Waals surface area contributed by atoms with Gasteiger partial charge in [0.2, 0.25) is 0 Å². The van der Waals surface area contributed by atoms with E-state index in [4.69, 9.17) is 4.74 Å². The van der Waals surface area contributed by atoms with Crippen molar-refractivity contribution >= 4 is 30.5 Å². The highest BCUT2D eigenvalue weighted by Gasteiger charge is 2.33. The van der Waals surface area contributed by atoms with Crippen molar-refractivity contribution in [2.75, 3.05) is 18.6 Å². The van der Waals surface area contributed by atoms with Gasteiger partial charge in [0.15, 0.2) is 0 Å². The monoisotopic (exact) mass is 291 g/mol. The van der Waals surface area contributed by atoms with Crippen LogP contribution in [0.1, 0.15) is 13.3 Å². The lowest BCUT2D eigenvalue weighted by atomic mass is 10.2. The Bertz CT molecular complexity index is 239. The predicted octanol–water partition coefficient (Wildman–Crippen LogP) is 2.71. The number of alkyl carbamates (subject to hydrolysis) is 1. The van der Waals surface area contributed by atoms with E-state index in [9.17, 15) is 18.0 Å². The average Bonchev–Trinajstić information content (AvgIpc) is 2.15. The van der Waals surface area contributed by atoms with Crippen LogP contribution in [0.5, 0.6) is 0 Å². The SMILES string of the molecule is CSCCOC(=O)NC(C)C(S)CC(F)(F)F. The maximum atomic E-state index is 12.1. The van der Waals surface area contributed by atoms with Crippen LogP contribution in [-0.2, 0) is 4.74 Å². The molecular formula is C9H16F3NO2S2. The van der Waals surface area contributed by atoms with Crippen LogP contribution in [-0.4, -0.2) is 42.2 Å². The van der Waals surface area contributed by atoms with Gasteiger partial charge in [-0.15, -0.1) is 0 Å². The van der Waals surface area contributed by atoms with Crippen molar-refractivity contribution in [1.82, 2.24) is 5.32 Å². The molecule has 2 atom stereocenters. The molecule has 0 radical (unpaired) electrons. The second-order valence-corrected chi connectivity index (χ2v) is 5.10. The van der Waals surface area contributed by atoms with Crippen LogP contribution >= 0.6 is 24.4 Å². The minimum Gasteiger partial charge on any atom is -0.449 e. The molecule has 3 nitrogen and oxygen atoms in total. The topological polar surface area (TPSA) is 38.3 Å². The summed E-state index contributed by atoms with van der Waals surface area (Å²) in [4.78, 5) is 11.1. The molecular weight excluding hydrogens is 275 g/mol. The van der Waals surface area contributed by atoms with Crippen LogP contribution in [0.2, 0.25) is 0 Å². The van der Waals surface area contributed by atoms with E-state index >= 15 is 0 Å². The molecule has 17 heavy (non-hydrogen) atoms. The van der Waals surface area contributed by atoms with Crippen LogP contribution in [0, 0.1) is 0 Å². The summed E-state index contributed by atoms with van der Waals surface area (Å²) in [5, 5.41) is 1.33. The maximum absolute atomic E-state index is 12.1. The fourth-order valence-electron chi connectivity index (χ4n) is 0.955. The number of halogens is 3. The van der Waals surface area contributed by atoms with Gasteiger partial charge in [0.05, 0.1) is 6.42 Å². The fraction of sp³-hybridized carbons (Fsp3) is 0.889. The van der Waals surface area contributed by atoms with E-state index in [1.807, 2.05) is 6.26 Å². The number of alkyl halides is 3. The van der Waals surface area contributed by atoms with Gasteiger partial charge in [0.25, 0.3) is 0 Å². The lowest BCUT2D eigenvalue weighted by molar-refractivity contribution is -0.135. The molecule has 0 saturated carbocycles. The molecule has 0 spiro atoms. The first-order valence-electron chi connectivity index (χ1n) is 4.93. The van der Waals surface area contributed by atoms with E-state index < -0.39 is 30.0 Å². The van der Waals surface area contributed by atoms with E-state index in [2.05, 4.69) is 17.9 Å². The number of thioether (sulfide) groups is 1. The number of rotatable bonds is 6. The molecule has 0 aliphatic carbocycles. The van der Waals surface area contributed by atoms with E-state index in [0.717, 1.165) is 0 Å². The Morgan fingerprint density at radius 2 is 2.12 bits per heavy atom. The summed E-state index contributed by atoms with van der Waals surface area (Å²) in [5.74, 6) is 0.647. The Morgan fingerprint density at radius 1 is 1.53 bits per heavy atom. The number of nitrogens with one attached hydrogen (secondary N) is 1. The molecule has 0 bridgehead atoms. The number of thiol groups is 1. The van der Waals surface area contributed by atoms with Crippen LogP contribution in [0.15, 0.2) is 0 Å². The molecule has 0 aliphatic heterocycles. The summed E-state index contributed by atoms with van der Waals surface area (Å²) in [6, 6.07) is -0.707. The summed E-state index contributed by atoms with van der Waals surface area (Å²) in [5.41, 5.74) is 0. The first-order chi connectivity index (χ1) is 7.76. The summed E-state index contributed by atoms with van der Waals surface area (Å²) in [6.45, 7) is 1.69. The predicted molar refractivity (Wildman–Crippen MR) is 65.8 cm³/mol. The van der Waals surface area contributed by atoms with Crippen molar-refractivity contribution in [2.24, 2.45) is 0 Å². The Labute approximate surface area is 108 Å². The van der Waals surface area contributed by atoms with Crippen LogP contribution in [0.4, 0.5) is 18.0 Å². The van der Waals surface area contributed by atoms with Crippen molar-refractivity contribution in [3.05, 3.63) is 0 Å². The maximum Gasteiger partial charge on any atom is 0.407 e. The van der Waals surface area contributed by atoms with Crippen molar-refractivity contribution in [1.29, 1.82) is 0 Å². The number of ether oxygens (including phenoxy) is 1. The number of hydrogen-bond acceptors (Lipinski definition) is 4. The third kappa shape index (κ3) is 9.46. The van der Waals surface area contributed by atoms with Gasteiger partial charge in [-0.05, 0) is 13.2 Å². The second-order valence-electron chi connectivity index (χ2n) is 3.45. The standard InChI is InChI=1S/C9H16F3NO2S2/c1-6(7(16)5-9(10,11)12)13-8(14)15-3-4-17-2/h6-7,16H,3-5H2,1-2H3,(H,13,14). The zero-order chi connectivity index (χ0) is 13.5. The van der Waals surface area contributed by atoms with Gasteiger partial charge in [0, 0.05) is 17.0 Å². The van der Waals surface area contributed by atoms with Crippen LogP contribution < -0.4 is 5.32 Å². The molecule has 0 fully saturated rings. The summed E-state index contributed by atoms with van der Waals surface area (Å²) in [6.07, 6.45) is -4.20. The third-order valence-electron chi connectivity index (χ3n) is 1.88. The first-order valence-corrected chi connectivity index (χ1v) is 6.84. The largest absolute Gasteiger partial charge is 0.449 e. The van der Waals surface area contributed by atoms with Crippen molar-refractivity contribution in [2.45, 2.75) is 30.8 Å². The molecule has 0 aromatic rings. The van der Waals surface area contributed by atoms with E-state index in [0.29, 0.717) is 5.75 Å². The second kappa shape index (κ2) is 7.97. The fourth-order valence-corrected chi connectivity index (χ4v) is 1.49. The first kappa shape index (κ1) is 16.8. The van der Waals surface area contributed by atoms with E-state index in [1.54, 1.807) is 0 Å². The Balaban J connectivity index is 3.90. The van der Waals surface area contributed by atoms with Crippen molar-refractivity contribution in [3.8, 4) is 0 Å². The van der Waals surface area contributed by atoms with Crippen molar-refractivity contribution in [3.63, 3.8) is 0 Å². The Kier molecular flexibility index (Phi) is 7.85. The van der Waals surface area contributed by atoms with Gasteiger partial charge in [-0.25, -0.2) is 4.79 Å². The molecule has 2 unspecified atom stereocenters. The smallest absolute Gasteiger partial charge is 0.407 e.